The van der Waals surface area contributed by atoms with Gasteiger partial charge in [-0.15, -0.1) is 0 Å². The third-order valence-electron chi connectivity index (χ3n) is 3.28. The highest BCUT2D eigenvalue weighted by atomic mass is 16.3. The fourth-order valence-electron chi connectivity index (χ4n) is 1.94. The molecule has 4 N–H and O–H groups in total. The fourth-order valence-corrected chi connectivity index (χ4v) is 1.94. The second kappa shape index (κ2) is 4.94. The van der Waals surface area contributed by atoms with Gasteiger partial charge in [0.1, 0.15) is 11.5 Å². The van der Waals surface area contributed by atoms with E-state index >= 15 is 0 Å². The van der Waals surface area contributed by atoms with Gasteiger partial charge in [0.2, 0.25) is 0 Å². The van der Waals surface area contributed by atoms with Crippen LogP contribution < -0.4 is 5.32 Å². The monoisotopic (exact) mass is 237 g/mol. The van der Waals surface area contributed by atoms with Gasteiger partial charge < -0.3 is 20.6 Å². The maximum absolute atomic E-state index is 9.73. The summed E-state index contributed by atoms with van der Waals surface area (Å²) in [5.74, 6) is 0.727. The Balaban J connectivity index is 1.93. The van der Waals surface area contributed by atoms with E-state index in [1.165, 1.54) is 18.2 Å². The van der Waals surface area contributed by atoms with E-state index in [0.717, 1.165) is 12.8 Å². The lowest BCUT2D eigenvalue weighted by Gasteiger charge is -2.18. The third-order valence-corrected chi connectivity index (χ3v) is 3.28. The Morgan fingerprint density at radius 3 is 2.71 bits per heavy atom. The van der Waals surface area contributed by atoms with E-state index in [0.29, 0.717) is 18.0 Å². The minimum atomic E-state index is -0.308. The molecule has 0 aliphatic heterocycles. The summed E-state index contributed by atoms with van der Waals surface area (Å²) >= 11 is 0. The maximum atomic E-state index is 9.73. The summed E-state index contributed by atoms with van der Waals surface area (Å²) in [6.07, 6.45) is 1.90. The molecule has 1 aromatic rings. The summed E-state index contributed by atoms with van der Waals surface area (Å²) in [5, 5.41) is 32.0. The maximum Gasteiger partial charge on any atom is 0.120 e. The molecule has 4 nitrogen and oxygen atoms in total. The number of phenols is 2. The zero-order chi connectivity index (χ0) is 12.4. The molecular formula is C13H19NO3. The Morgan fingerprint density at radius 1 is 1.35 bits per heavy atom. The number of nitrogens with one attached hydrogen (secondary N) is 1. The molecule has 0 heterocycles. The molecule has 1 aliphatic carbocycles. The Bertz CT molecular complexity index is 390. The summed E-state index contributed by atoms with van der Waals surface area (Å²) in [6.45, 7) is 2.41. The highest BCUT2D eigenvalue weighted by Crippen LogP contribution is 2.33. The van der Waals surface area contributed by atoms with Crippen molar-refractivity contribution in [1.82, 2.24) is 5.32 Å². The molecule has 1 aromatic carbocycles. The van der Waals surface area contributed by atoms with E-state index in [9.17, 15) is 15.3 Å². The quantitative estimate of drug-likeness (QED) is 0.586. The first-order valence-electron chi connectivity index (χ1n) is 6.01. The zero-order valence-electron chi connectivity index (χ0n) is 9.93. The SMILES string of the molecule is CC(NCC(O)C1CC1)c1cc(O)ccc1O. The number of benzene rings is 1. The fraction of sp³-hybridized carbons (Fsp3) is 0.538. The lowest BCUT2D eigenvalue weighted by molar-refractivity contribution is 0.145. The normalized spacial score (nSPS) is 18.9. The molecule has 1 saturated carbocycles. The average molecular weight is 237 g/mol. The molecule has 0 radical (unpaired) electrons. The molecule has 17 heavy (non-hydrogen) atoms. The van der Waals surface area contributed by atoms with Crippen LogP contribution in [0.4, 0.5) is 0 Å². The van der Waals surface area contributed by atoms with E-state index in [4.69, 9.17) is 0 Å². The van der Waals surface area contributed by atoms with Gasteiger partial charge in [0, 0.05) is 18.2 Å². The predicted octanol–water partition coefficient (Wildman–Crippen LogP) is 1.52. The van der Waals surface area contributed by atoms with Crippen molar-refractivity contribution in [1.29, 1.82) is 0 Å². The Kier molecular flexibility index (Phi) is 3.54. The van der Waals surface area contributed by atoms with Gasteiger partial charge in [-0.25, -0.2) is 0 Å². The molecule has 0 aromatic heterocycles. The number of aliphatic hydroxyl groups excluding tert-OH is 1. The standard InChI is InChI=1S/C13H19NO3/c1-8(14-7-13(17)9-2-3-9)11-6-10(15)4-5-12(11)16/h4-6,8-9,13-17H,2-3,7H2,1H3. The molecule has 2 atom stereocenters. The molecule has 4 heteroatoms. The minimum Gasteiger partial charge on any atom is -0.508 e. The van der Waals surface area contributed by atoms with Crippen molar-refractivity contribution in [2.45, 2.75) is 31.9 Å². The minimum absolute atomic E-state index is 0.101. The zero-order valence-corrected chi connectivity index (χ0v) is 9.93. The average Bonchev–Trinajstić information content (AvgIpc) is 3.12. The summed E-state index contributed by atoms with van der Waals surface area (Å²) < 4.78 is 0. The van der Waals surface area contributed by atoms with Crippen LogP contribution in [-0.4, -0.2) is 28.0 Å². The third kappa shape index (κ3) is 3.11. The largest absolute Gasteiger partial charge is 0.508 e. The van der Waals surface area contributed by atoms with E-state index in [2.05, 4.69) is 5.32 Å². The number of hydrogen-bond acceptors (Lipinski definition) is 4. The van der Waals surface area contributed by atoms with Crippen molar-refractivity contribution < 1.29 is 15.3 Å². The second-order valence-electron chi connectivity index (χ2n) is 4.78. The summed E-state index contributed by atoms with van der Waals surface area (Å²) in [4.78, 5) is 0. The van der Waals surface area contributed by atoms with Crippen molar-refractivity contribution in [3.05, 3.63) is 23.8 Å². The molecule has 0 saturated heterocycles. The highest BCUT2D eigenvalue weighted by molar-refractivity contribution is 5.40. The van der Waals surface area contributed by atoms with Crippen LogP contribution in [0.2, 0.25) is 0 Å². The first-order chi connectivity index (χ1) is 8.08. The van der Waals surface area contributed by atoms with Gasteiger partial charge >= 0.3 is 0 Å². The molecule has 94 valence electrons. The van der Waals surface area contributed by atoms with E-state index in [1.807, 2.05) is 6.92 Å². The van der Waals surface area contributed by atoms with E-state index < -0.39 is 0 Å². The van der Waals surface area contributed by atoms with E-state index in [1.54, 1.807) is 0 Å². The van der Waals surface area contributed by atoms with Gasteiger partial charge in [-0.1, -0.05) is 0 Å². The summed E-state index contributed by atoms with van der Waals surface area (Å²) in [6, 6.07) is 4.36. The van der Waals surface area contributed by atoms with Gasteiger partial charge in [-0.2, -0.15) is 0 Å². The molecule has 0 amide bonds. The number of aromatic hydroxyl groups is 2. The number of phenolic OH excluding ortho intramolecular Hbond substituents is 2. The van der Waals surface area contributed by atoms with Crippen LogP contribution in [0.3, 0.4) is 0 Å². The highest BCUT2D eigenvalue weighted by Gasteiger charge is 2.29. The van der Waals surface area contributed by atoms with Crippen LogP contribution >= 0.6 is 0 Å². The first kappa shape index (κ1) is 12.2. The van der Waals surface area contributed by atoms with Crippen molar-refractivity contribution in [2.24, 2.45) is 5.92 Å². The van der Waals surface area contributed by atoms with Gasteiger partial charge in [0.25, 0.3) is 0 Å². The van der Waals surface area contributed by atoms with Crippen molar-refractivity contribution >= 4 is 0 Å². The smallest absolute Gasteiger partial charge is 0.120 e. The van der Waals surface area contributed by atoms with Gasteiger partial charge in [-0.05, 0) is 43.9 Å². The molecule has 0 spiro atoms. The van der Waals surface area contributed by atoms with Crippen molar-refractivity contribution in [3.63, 3.8) is 0 Å². The number of aliphatic hydroxyl groups is 1. The summed E-state index contributed by atoms with van der Waals surface area (Å²) in [5.41, 5.74) is 0.646. The second-order valence-corrected chi connectivity index (χ2v) is 4.78. The molecule has 2 rings (SSSR count). The molecule has 1 aliphatic rings. The molecule has 0 bridgehead atoms. The Morgan fingerprint density at radius 2 is 2.06 bits per heavy atom. The van der Waals surface area contributed by atoms with Crippen LogP contribution in [0.5, 0.6) is 11.5 Å². The number of rotatable bonds is 5. The lowest BCUT2D eigenvalue weighted by atomic mass is 10.1. The Hall–Kier alpha value is -1.26. The molecule has 2 unspecified atom stereocenters. The Labute approximate surface area is 101 Å². The van der Waals surface area contributed by atoms with Crippen LogP contribution in [0.1, 0.15) is 31.4 Å². The van der Waals surface area contributed by atoms with Gasteiger partial charge in [0.05, 0.1) is 6.10 Å². The number of hydrogen-bond donors (Lipinski definition) is 4. The van der Waals surface area contributed by atoms with Crippen LogP contribution in [0.25, 0.3) is 0 Å². The van der Waals surface area contributed by atoms with Gasteiger partial charge in [0.15, 0.2) is 0 Å². The lowest BCUT2D eigenvalue weighted by Crippen LogP contribution is -2.30. The van der Waals surface area contributed by atoms with Crippen LogP contribution in [0, 0.1) is 5.92 Å². The van der Waals surface area contributed by atoms with Crippen LogP contribution in [-0.2, 0) is 0 Å². The molecular weight excluding hydrogens is 218 g/mol. The predicted molar refractivity (Wildman–Crippen MR) is 64.9 cm³/mol. The van der Waals surface area contributed by atoms with Crippen LogP contribution in [0.15, 0.2) is 18.2 Å². The van der Waals surface area contributed by atoms with Crippen molar-refractivity contribution in [3.8, 4) is 11.5 Å². The first-order valence-corrected chi connectivity index (χ1v) is 6.01. The molecule has 1 fully saturated rings. The topological polar surface area (TPSA) is 72.7 Å². The van der Waals surface area contributed by atoms with Crippen molar-refractivity contribution in [2.75, 3.05) is 6.54 Å². The van der Waals surface area contributed by atoms with Gasteiger partial charge in [-0.3, -0.25) is 0 Å². The summed E-state index contributed by atoms with van der Waals surface area (Å²) in [7, 11) is 0. The van der Waals surface area contributed by atoms with E-state index in [-0.39, 0.29) is 23.6 Å².